The molecular weight excluding hydrogens is 393 g/mol. The first-order valence-corrected chi connectivity index (χ1v) is 8.42. The number of alkyl halides is 3. The summed E-state index contributed by atoms with van der Waals surface area (Å²) in [5.74, 6) is -3.54. The van der Waals surface area contributed by atoms with Crippen molar-refractivity contribution in [1.29, 1.82) is 0 Å². The zero-order valence-electron chi connectivity index (χ0n) is 15.0. The summed E-state index contributed by atoms with van der Waals surface area (Å²) in [5, 5.41) is 23.9. The molecule has 0 spiro atoms. The first-order valence-electron chi connectivity index (χ1n) is 8.42. The van der Waals surface area contributed by atoms with Crippen molar-refractivity contribution >= 4 is 11.8 Å². The molecule has 0 saturated carbocycles. The highest BCUT2D eigenvalue weighted by Crippen LogP contribution is 2.44. The highest BCUT2D eigenvalue weighted by atomic mass is 19.4. The van der Waals surface area contributed by atoms with E-state index in [1.165, 1.54) is 48.8 Å². The number of phenols is 1. The third-order valence-corrected chi connectivity index (χ3v) is 4.71. The zero-order chi connectivity index (χ0) is 21.4. The SMILES string of the molecule is COc1cc([C@H]2NC(=O)N[C@@](O)(C(F)(F)F)[C@H]2C(=O)c2ccccc2)ccc1O. The lowest BCUT2D eigenvalue weighted by molar-refractivity contribution is -0.287. The lowest BCUT2D eigenvalue weighted by Crippen LogP contribution is -2.72. The van der Waals surface area contributed by atoms with E-state index in [0.717, 1.165) is 6.07 Å². The average molecular weight is 410 g/mol. The molecule has 4 N–H and O–H groups in total. The number of amides is 2. The maximum Gasteiger partial charge on any atom is 0.437 e. The molecule has 0 aliphatic carbocycles. The number of nitrogens with one attached hydrogen (secondary N) is 2. The van der Waals surface area contributed by atoms with E-state index in [2.05, 4.69) is 5.32 Å². The Morgan fingerprint density at radius 1 is 1.17 bits per heavy atom. The summed E-state index contributed by atoms with van der Waals surface area (Å²) in [5.41, 5.74) is -3.86. The van der Waals surface area contributed by atoms with E-state index in [-0.39, 0.29) is 22.6 Å². The molecule has 0 unspecified atom stereocenters. The van der Waals surface area contributed by atoms with Crippen molar-refractivity contribution in [2.75, 3.05) is 7.11 Å². The van der Waals surface area contributed by atoms with E-state index in [0.29, 0.717) is 0 Å². The van der Waals surface area contributed by atoms with E-state index in [1.807, 2.05) is 0 Å². The second-order valence-electron chi connectivity index (χ2n) is 6.48. The van der Waals surface area contributed by atoms with E-state index < -0.39 is 35.7 Å². The summed E-state index contributed by atoms with van der Waals surface area (Å²) < 4.78 is 46.4. The lowest BCUT2D eigenvalue weighted by atomic mass is 9.77. The number of ether oxygens (including phenoxy) is 1. The van der Waals surface area contributed by atoms with Gasteiger partial charge >= 0.3 is 12.2 Å². The van der Waals surface area contributed by atoms with Crippen molar-refractivity contribution in [1.82, 2.24) is 10.6 Å². The number of Topliss-reactive ketones (excluding diaryl/α,β-unsaturated/α-hetero) is 1. The number of phenolic OH excluding ortho intramolecular Hbond substituents is 1. The van der Waals surface area contributed by atoms with Crippen molar-refractivity contribution in [3.63, 3.8) is 0 Å². The van der Waals surface area contributed by atoms with Gasteiger partial charge in [0.05, 0.1) is 13.2 Å². The molecule has 29 heavy (non-hydrogen) atoms. The number of urea groups is 1. The zero-order valence-corrected chi connectivity index (χ0v) is 15.0. The van der Waals surface area contributed by atoms with Crippen LogP contribution in [0.25, 0.3) is 0 Å². The summed E-state index contributed by atoms with van der Waals surface area (Å²) in [7, 11) is 1.23. The van der Waals surface area contributed by atoms with Gasteiger partial charge < -0.3 is 25.6 Å². The first kappa shape index (κ1) is 20.5. The second-order valence-corrected chi connectivity index (χ2v) is 6.48. The molecule has 1 aliphatic rings. The van der Waals surface area contributed by atoms with Crippen LogP contribution in [0.1, 0.15) is 22.0 Å². The summed E-state index contributed by atoms with van der Waals surface area (Å²) >= 11 is 0. The predicted octanol–water partition coefficient (Wildman–Crippen LogP) is 2.50. The molecule has 1 fully saturated rings. The Labute approximate surface area is 163 Å². The second kappa shape index (κ2) is 7.28. The molecule has 0 radical (unpaired) electrons. The van der Waals surface area contributed by atoms with Crippen molar-refractivity contribution in [3.05, 3.63) is 59.7 Å². The molecule has 10 heteroatoms. The van der Waals surface area contributed by atoms with Gasteiger partial charge in [0, 0.05) is 5.56 Å². The van der Waals surface area contributed by atoms with Gasteiger partial charge in [-0.1, -0.05) is 36.4 Å². The van der Waals surface area contributed by atoms with E-state index in [9.17, 15) is 33.0 Å². The van der Waals surface area contributed by atoms with Gasteiger partial charge in [0.1, 0.15) is 5.92 Å². The summed E-state index contributed by atoms with van der Waals surface area (Å²) in [6.07, 6.45) is -5.35. The average Bonchev–Trinajstić information content (AvgIpc) is 2.67. The van der Waals surface area contributed by atoms with Crippen LogP contribution in [0.5, 0.6) is 11.5 Å². The van der Waals surface area contributed by atoms with Gasteiger partial charge in [0.2, 0.25) is 5.72 Å². The molecular formula is C19H17F3N2O5. The number of carbonyl (C=O) groups excluding carboxylic acids is 2. The number of carbonyl (C=O) groups is 2. The number of aromatic hydroxyl groups is 1. The maximum atomic E-state index is 13.8. The summed E-state index contributed by atoms with van der Waals surface area (Å²) in [4.78, 5) is 25.0. The van der Waals surface area contributed by atoms with Gasteiger partial charge in [0.15, 0.2) is 17.3 Å². The quantitative estimate of drug-likeness (QED) is 0.580. The largest absolute Gasteiger partial charge is 0.504 e. The third-order valence-electron chi connectivity index (χ3n) is 4.71. The van der Waals surface area contributed by atoms with Crippen LogP contribution in [0.3, 0.4) is 0 Å². The Morgan fingerprint density at radius 2 is 1.83 bits per heavy atom. The predicted molar refractivity (Wildman–Crippen MR) is 94.3 cm³/mol. The van der Waals surface area contributed by atoms with E-state index in [1.54, 1.807) is 6.07 Å². The van der Waals surface area contributed by atoms with Gasteiger partial charge in [-0.25, -0.2) is 4.79 Å². The fourth-order valence-electron chi connectivity index (χ4n) is 3.29. The normalized spacial score (nSPS) is 24.4. The molecule has 3 atom stereocenters. The standard InChI is InChI=1S/C19H17F3N2O5/c1-29-13-9-11(7-8-12(13)25)15-14(16(26)10-5-3-2-4-6-10)18(28,19(20,21)22)24-17(27)23-15/h2-9,14-15,25,28H,1H3,(H2,23,24,27)/t14-,15-,18+/m1/s1. The number of methoxy groups -OCH3 is 1. The van der Waals surface area contributed by atoms with Crippen molar-refractivity contribution < 1.29 is 37.7 Å². The molecule has 2 aromatic carbocycles. The van der Waals surface area contributed by atoms with Crippen LogP contribution >= 0.6 is 0 Å². The maximum absolute atomic E-state index is 13.8. The Bertz CT molecular complexity index is 935. The number of benzene rings is 2. The highest BCUT2D eigenvalue weighted by molar-refractivity contribution is 6.00. The smallest absolute Gasteiger partial charge is 0.437 e. The molecule has 1 saturated heterocycles. The van der Waals surface area contributed by atoms with Gasteiger partial charge in [-0.15, -0.1) is 0 Å². The Kier molecular flexibility index (Phi) is 5.14. The molecule has 154 valence electrons. The monoisotopic (exact) mass is 410 g/mol. The van der Waals surface area contributed by atoms with Gasteiger partial charge in [-0.2, -0.15) is 13.2 Å². The van der Waals surface area contributed by atoms with Crippen LogP contribution in [0.15, 0.2) is 48.5 Å². The van der Waals surface area contributed by atoms with E-state index in [4.69, 9.17) is 4.74 Å². The fraction of sp³-hybridized carbons (Fsp3) is 0.263. The molecule has 3 rings (SSSR count). The van der Waals surface area contributed by atoms with Gasteiger partial charge in [-0.05, 0) is 17.7 Å². The highest BCUT2D eigenvalue weighted by Gasteiger charge is 2.66. The molecule has 7 nitrogen and oxygen atoms in total. The van der Waals surface area contributed by atoms with Crippen molar-refractivity contribution in [3.8, 4) is 11.5 Å². The van der Waals surface area contributed by atoms with E-state index >= 15 is 0 Å². The number of ketones is 1. The number of aliphatic hydroxyl groups is 1. The molecule has 1 aliphatic heterocycles. The molecule has 1 heterocycles. The van der Waals surface area contributed by atoms with Crippen LogP contribution in [-0.2, 0) is 0 Å². The van der Waals surface area contributed by atoms with Gasteiger partial charge in [-0.3, -0.25) is 4.79 Å². The molecule has 2 amide bonds. The fourth-order valence-corrected chi connectivity index (χ4v) is 3.29. The summed E-state index contributed by atoms with van der Waals surface area (Å²) in [6, 6.07) is 7.84. The molecule has 2 aromatic rings. The number of hydrogen-bond donors (Lipinski definition) is 4. The molecule has 0 aromatic heterocycles. The lowest BCUT2D eigenvalue weighted by Gasteiger charge is -2.45. The minimum Gasteiger partial charge on any atom is -0.504 e. The Hall–Kier alpha value is -3.27. The topological polar surface area (TPSA) is 108 Å². The summed E-state index contributed by atoms with van der Waals surface area (Å²) in [6.45, 7) is 0. The Morgan fingerprint density at radius 3 is 2.41 bits per heavy atom. The number of halogens is 3. The van der Waals surface area contributed by atoms with Crippen LogP contribution < -0.4 is 15.4 Å². The van der Waals surface area contributed by atoms with Crippen LogP contribution in [0.4, 0.5) is 18.0 Å². The van der Waals surface area contributed by atoms with Crippen LogP contribution in [0, 0.1) is 5.92 Å². The van der Waals surface area contributed by atoms with Crippen molar-refractivity contribution in [2.45, 2.75) is 17.9 Å². The minimum absolute atomic E-state index is 0.0338. The third kappa shape index (κ3) is 3.58. The molecule has 0 bridgehead atoms. The van der Waals surface area contributed by atoms with Crippen LogP contribution in [-0.4, -0.2) is 41.0 Å². The van der Waals surface area contributed by atoms with Gasteiger partial charge in [0.25, 0.3) is 0 Å². The minimum atomic E-state index is -5.35. The van der Waals surface area contributed by atoms with Crippen LogP contribution in [0.2, 0.25) is 0 Å². The number of hydrogen-bond acceptors (Lipinski definition) is 5. The number of rotatable bonds is 4. The Balaban J connectivity index is 2.18. The van der Waals surface area contributed by atoms with Crippen molar-refractivity contribution in [2.24, 2.45) is 5.92 Å². The first-order chi connectivity index (χ1) is 13.6.